The highest BCUT2D eigenvalue weighted by Crippen LogP contribution is 2.24. The topological polar surface area (TPSA) is 66.4 Å². The molecule has 1 aliphatic rings. The predicted molar refractivity (Wildman–Crippen MR) is 85.6 cm³/mol. The number of hydrogen-bond donors (Lipinski definition) is 2. The summed E-state index contributed by atoms with van der Waals surface area (Å²) in [5, 5.41) is 12.4. The van der Waals surface area contributed by atoms with Crippen LogP contribution in [0.2, 0.25) is 0 Å². The van der Waals surface area contributed by atoms with Crippen LogP contribution in [0.25, 0.3) is 0 Å². The third-order valence-corrected chi connectivity index (χ3v) is 4.60. The molecule has 0 aromatic heterocycles. The second-order valence-corrected chi connectivity index (χ2v) is 6.18. The van der Waals surface area contributed by atoms with Crippen molar-refractivity contribution in [2.24, 2.45) is 5.92 Å². The molecule has 1 amide bonds. The molecule has 1 fully saturated rings. The molecule has 0 heterocycles. The van der Waals surface area contributed by atoms with Crippen molar-refractivity contribution in [1.29, 1.82) is 0 Å². The van der Waals surface area contributed by atoms with E-state index in [0.29, 0.717) is 6.42 Å². The molecule has 0 aliphatic heterocycles. The second-order valence-electron chi connectivity index (χ2n) is 6.18. The van der Waals surface area contributed by atoms with E-state index >= 15 is 0 Å². The van der Waals surface area contributed by atoms with Crippen molar-refractivity contribution in [2.75, 3.05) is 0 Å². The van der Waals surface area contributed by atoms with Gasteiger partial charge in [-0.2, -0.15) is 0 Å². The van der Waals surface area contributed by atoms with Crippen LogP contribution in [-0.2, 0) is 9.59 Å². The Morgan fingerprint density at radius 2 is 1.73 bits per heavy atom. The van der Waals surface area contributed by atoms with Gasteiger partial charge in [0.2, 0.25) is 5.91 Å². The number of carboxylic acid groups (broad SMARTS) is 1. The van der Waals surface area contributed by atoms with Gasteiger partial charge in [0.15, 0.2) is 0 Å². The Labute approximate surface area is 131 Å². The largest absolute Gasteiger partial charge is 0.481 e. The first-order chi connectivity index (χ1) is 10.6. The predicted octanol–water partition coefficient (Wildman–Crippen LogP) is 3.33. The molecule has 4 heteroatoms. The Hall–Kier alpha value is -1.84. The van der Waals surface area contributed by atoms with E-state index in [0.717, 1.165) is 37.7 Å². The maximum Gasteiger partial charge on any atom is 0.308 e. The molecular formula is C18H25NO3. The molecule has 1 aromatic rings. The number of aliphatic carboxylic acids is 1. The summed E-state index contributed by atoms with van der Waals surface area (Å²) in [7, 11) is 0. The Bertz CT molecular complexity index is 500. The molecule has 2 unspecified atom stereocenters. The maximum atomic E-state index is 12.5. The second kappa shape index (κ2) is 7.97. The fraction of sp³-hybridized carbons (Fsp3) is 0.556. The molecule has 1 aromatic carbocycles. The van der Waals surface area contributed by atoms with Crippen LogP contribution in [0.4, 0.5) is 0 Å². The summed E-state index contributed by atoms with van der Waals surface area (Å²) in [4.78, 5) is 24.0. The van der Waals surface area contributed by atoms with Gasteiger partial charge in [0, 0.05) is 6.04 Å². The van der Waals surface area contributed by atoms with Crippen LogP contribution in [0, 0.1) is 5.92 Å². The number of hydrogen-bond acceptors (Lipinski definition) is 2. The van der Waals surface area contributed by atoms with Gasteiger partial charge in [-0.15, -0.1) is 0 Å². The molecular weight excluding hydrogens is 278 g/mol. The summed E-state index contributed by atoms with van der Waals surface area (Å²) in [6, 6.07) is 9.35. The molecule has 0 bridgehead atoms. The van der Waals surface area contributed by atoms with Gasteiger partial charge in [0.05, 0.1) is 11.8 Å². The van der Waals surface area contributed by atoms with Gasteiger partial charge in [-0.1, -0.05) is 56.0 Å². The zero-order chi connectivity index (χ0) is 15.9. The van der Waals surface area contributed by atoms with Crippen LogP contribution in [0.3, 0.4) is 0 Å². The SMILES string of the molecule is C[C@H](C(=O)NC1CCCCCCC1C(=O)O)c1ccccc1. The van der Waals surface area contributed by atoms with Crippen molar-refractivity contribution in [3.05, 3.63) is 35.9 Å². The van der Waals surface area contributed by atoms with Crippen LogP contribution in [0.5, 0.6) is 0 Å². The number of rotatable bonds is 4. The lowest BCUT2D eigenvalue weighted by molar-refractivity contribution is -0.143. The number of carbonyl (C=O) groups is 2. The Kier molecular flexibility index (Phi) is 5.99. The molecule has 2 N–H and O–H groups in total. The standard InChI is InChI=1S/C18H25NO3/c1-13(14-9-5-4-6-10-14)17(20)19-16-12-8-3-2-7-11-15(16)18(21)22/h4-6,9-10,13,15-16H,2-3,7-8,11-12H2,1H3,(H,19,20)(H,21,22)/t13-,15?,16?/m0/s1. The normalized spacial score (nSPS) is 23.9. The van der Waals surface area contributed by atoms with Crippen LogP contribution in [0.1, 0.15) is 56.9 Å². The van der Waals surface area contributed by atoms with E-state index < -0.39 is 11.9 Å². The molecule has 0 saturated heterocycles. The third kappa shape index (κ3) is 4.33. The number of amides is 1. The molecule has 22 heavy (non-hydrogen) atoms. The molecule has 3 atom stereocenters. The van der Waals surface area contributed by atoms with Gasteiger partial charge in [0.1, 0.15) is 0 Å². The van der Waals surface area contributed by atoms with Crippen LogP contribution in [-0.4, -0.2) is 23.0 Å². The number of nitrogens with one attached hydrogen (secondary N) is 1. The Morgan fingerprint density at radius 1 is 1.09 bits per heavy atom. The highest BCUT2D eigenvalue weighted by molar-refractivity contribution is 5.84. The lowest BCUT2D eigenvalue weighted by Crippen LogP contribution is -2.45. The minimum atomic E-state index is -0.792. The summed E-state index contributed by atoms with van der Waals surface area (Å²) in [6.07, 6.45) is 5.52. The lowest BCUT2D eigenvalue weighted by atomic mass is 9.86. The monoisotopic (exact) mass is 303 g/mol. The van der Waals surface area contributed by atoms with Gasteiger partial charge in [-0.05, 0) is 25.3 Å². The van der Waals surface area contributed by atoms with Crippen molar-refractivity contribution >= 4 is 11.9 Å². The summed E-state index contributed by atoms with van der Waals surface area (Å²) >= 11 is 0. The van der Waals surface area contributed by atoms with E-state index in [9.17, 15) is 14.7 Å². The van der Waals surface area contributed by atoms with E-state index in [1.54, 1.807) is 0 Å². The first kappa shape index (κ1) is 16.5. The molecule has 120 valence electrons. The molecule has 0 radical (unpaired) electrons. The first-order valence-electron chi connectivity index (χ1n) is 8.17. The average molecular weight is 303 g/mol. The van der Waals surface area contributed by atoms with Crippen molar-refractivity contribution in [3.63, 3.8) is 0 Å². The fourth-order valence-electron chi connectivity index (χ4n) is 3.15. The molecule has 4 nitrogen and oxygen atoms in total. The molecule has 1 saturated carbocycles. The van der Waals surface area contributed by atoms with E-state index in [1.165, 1.54) is 0 Å². The number of carbonyl (C=O) groups excluding carboxylic acids is 1. The maximum absolute atomic E-state index is 12.5. The van der Waals surface area contributed by atoms with Crippen molar-refractivity contribution in [1.82, 2.24) is 5.32 Å². The number of carboxylic acids is 1. The van der Waals surface area contributed by atoms with Gasteiger partial charge in [0.25, 0.3) is 0 Å². The third-order valence-electron chi connectivity index (χ3n) is 4.60. The van der Waals surface area contributed by atoms with Gasteiger partial charge >= 0.3 is 5.97 Å². The van der Waals surface area contributed by atoms with E-state index in [-0.39, 0.29) is 17.9 Å². The van der Waals surface area contributed by atoms with Crippen molar-refractivity contribution in [2.45, 2.75) is 57.4 Å². The van der Waals surface area contributed by atoms with Crippen molar-refractivity contribution in [3.8, 4) is 0 Å². The van der Waals surface area contributed by atoms with E-state index in [2.05, 4.69) is 5.32 Å². The molecule has 1 aliphatic carbocycles. The molecule has 0 spiro atoms. The lowest BCUT2D eigenvalue weighted by Gasteiger charge is -2.28. The summed E-state index contributed by atoms with van der Waals surface area (Å²) in [5.41, 5.74) is 0.956. The fourth-order valence-corrected chi connectivity index (χ4v) is 3.15. The quantitative estimate of drug-likeness (QED) is 0.896. The van der Waals surface area contributed by atoms with E-state index in [4.69, 9.17) is 0 Å². The minimum Gasteiger partial charge on any atom is -0.481 e. The zero-order valence-corrected chi connectivity index (χ0v) is 13.1. The highest BCUT2D eigenvalue weighted by Gasteiger charge is 2.31. The Morgan fingerprint density at radius 3 is 2.36 bits per heavy atom. The van der Waals surface area contributed by atoms with Crippen molar-refractivity contribution < 1.29 is 14.7 Å². The molecule has 2 rings (SSSR count). The summed E-state index contributed by atoms with van der Waals surface area (Å²) < 4.78 is 0. The van der Waals surface area contributed by atoms with Crippen LogP contribution < -0.4 is 5.32 Å². The van der Waals surface area contributed by atoms with Crippen LogP contribution >= 0.6 is 0 Å². The summed E-state index contributed by atoms with van der Waals surface area (Å²) in [6.45, 7) is 1.86. The van der Waals surface area contributed by atoms with Gasteiger partial charge < -0.3 is 10.4 Å². The average Bonchev–Trinajstić information content (AvgIpc) is 2.49. The minimum absolute atomic E-state index is 0.0805. The highest BCUT2D eigenvalue weighted by atomic mass is 16.4. The van der Waals surface area contributed by atoms with E-state index in [1.807, 2.05) is 37.3 Å². The van der Waals surface area contributed by atoms with Gasteiger partial charge in [-0.3, -0.25) is 9.59 Å². The van der Waals surface area contributed by atoms with Crippen LogP contribution in [0.15, 0.2) is 30.3 Å². The number of benzene rings is 1. The smallest absolute Gasteiger partial charge is 0.308 e. The Balaban J connectivity index is 2.04. The van der Waals surface area contributed by atoms with Gasteiger partial charge in [-0.25, -0.2) is 0 Å². The zero-order valence-electron chi connectivity index (χ0n) is 13.1. The first-order valence-corrected chi connectivity index (χ1v) is 8.17. The summed E-state index contributed by atoms with van der Waals surface area (Å²) in [5.74, 6) is -1.60.